The summed E-state index contributed by atoms with van der Waals surface area (Å²) in [5.41, 5.74) is 1.36. The Labute approximate surface area is 139 Å². The molecule has 0 aliphatic carbocycles. The van der Waals surface area contributed by atoms with Crippen LogP contribution >= 0.6 is 0 Å². The monoisotopic (exact) mass is 319 g/mol. The highest BCUT2D eigenvalue weighted by molar-refractivity contribution is 5.78. The van der Waals surface area contributed by atoms with Crippen LogP contribution in [0.25, 0.3) is 0 Å². The molecule has 0 atom stereocenters. The summed E-state index contributed by atoms with van der Waals surface area (Å²) < 4.78 is 4.97. The molecule has 5 heteroatoms. The van der Waals surface area contributed by atoms with Crippen molar-refractivity contribution in [1.29, 1.82) is 0 Å². The van der Waals surface area contributed by atoms with Gasteiger partial charge in [-0.05, 0) is 18.4 Å². The summed E-state index contributed by atoms with van der Waals surface area (Å²) >= 11 is 0. The first-order valence-corrected chi connectivity index (χ1v) is 8.42. The Morgan fingerprint density at radius 3 is 2.65 bits per heavy atom. The quantitative estimate of drug-likeness (QED) is 0.735. The zero-order valence-corrected chi connectivity index (χ0v) is 14.3. The van der Waals surface area contributed by atoms with E-state index in [1.54, 1.807) is 7.11 Å². The Hall–Kier alpha value is -1.43. The average molecular weight is 319 g/mol. The fourth-order valence-electron chi connectivity index (χ4n) is 3.00. The van der Waals surface area contributed by atoms with Crippen molar-refractivity contribution >= 4 is 5.91 Å². The van der Waals surface area contributed by atoms with E-state index < -0.39 is 0 Å². The largest absolute Gasteiger partial charge is 0.383 e. The first kappa shape index (κ1) is 17.9. The smallest absolute Gasteiger partial charge is 0.236 e. The van der Waals surface area contributed by atoms with E-state index in [9.17, 15) is 4.79 Å². The van der Waals surface area contributed by atoms with Crippen LogP contribution in [0.1, 0.15) is 18.4 Å². The van der Waals surface area contributed by atoms with Gasteiger partial charge in [0.15, 0.2) is 0 Å². The Morgan fingerprint density at radius 1 is 1.30 bits per heavy atom. The molecular weight excluding hydrogens is 290 g/mol. The average Bonchev–Trinajstić information content (AvgIpc) is 2.59. The Morgan fingerprint density at radius 2 is 2.00 bits per heavy atom. The fourth-order valence-corrected chi connectivity index (χ4v) is 3.00. The number of nitrogens with one attached hydrogen (secondary N) is 1. The minimum atomic E-state index is 0.169. The van der Waals surface area contributed by atoms with Crippen LogP contribution < -0.4 is 5.32 Å². The van der Waals surface area contributed by atoms with Crippen molar-refractivity contribution in [2.75, 3.05) is 46.9 Å². The lowest BCUT2D eigenvalue weighted by Crippen LogP contribution is -2.47. The number of likely N-dealkylation sites (N-methyl/N-ethyl adjacent to an activating group) is 1. The van der Waals surface area contributed by atoms with Crippen molar-refractivity contribution in [1.82, 2.24) is 15.1 Å². The third-order valence-electron chi connectivity index (χ3n) is 4.51. The van der Waals surface area contributed by atoms with E-state index in [-0.39, 0.29) is 5.91 Å². The van der Waals surface area contributed by atoms with E-state index >= 15 is 0 Å². The third-order valence-corrected chi connectivity index (χ3v) is 4.51. The Kier molecular flexibility index (Phi) is 7.52. The lowest BCUT2D eigenvalue weighted by atomic mass is 10.0. The van der Waals surface area contributed by atoms with Gasteiger partial charge in [-0.3, -0.25) is 9.69 Å². The third kappa shape index (κ3) is 5.94. The van der Waals surface area contributed by atoms with Gasteiger partial charge in [0.05, 0.1) is 13.2 Å². The molecule has 0 spiro atoms. The molecule has 1 N–H and O–H groups in total. The maximum absolute atomic E-state index is 12.2. The van der Waals surface area contributed by atoms with E-state index in [1.807, 2.05) is 11.9 Å². The molecule has 1 aliphatic heterocycles. The molecule has 0 unspecified atom stereocenters. The summed E-state index contributed by atoms with van der Waals surface area (Å²) in [6.07, 6.45) is 2.10. The Bertz CT molecular complexity index is 459. The molecule has 1 amide bonds. The predicted molar refractivity (Wildman–Crippen MR) is 92.3 cm³/mol. The highest BCUT2D eigenvalue weighted by Gasteiger charge is 2.24. The number of hydrogen-bond acceptors (Lipinski definition) is 4. The van der Waals surface area contributed by atoms with Crippen molar-refractivity contribution in [3.8, 4) is 0 Å². The van der Waals surface area contributed by atoms with Gasteiger partial charge in [0, 0.05) is 46.4 Å². The SMILES string of the molecule is COCCNCC(=O)N(C)C1CCN(Cc2ccccc2)CC1. The number of methoxy groups -OCH3 is 1. The van der Waals surface area contributed by atoms with Crippen LogP contribution in [0.2, 0.25) is 0 Å². The summed E-state index contributed by atoms with van der Waals surface area (Å²) in [7, 11) is 3.59. The zero-order chi connectivity index (χ0) is 16.5. The second-order valence-corrected chi connectivity index (χ2v) is 6.17. The minimum absolute atomic E-state index is 0.169. The van der Waals surface area contributed by atoms with Crippen LogP contribution in [0.3, 0.4) is 0 Å². The van der Waals surface area contributed by atoms with Crippen LogP contribution in [0.15, 0.2) is 30.3 Å². The summed E-state index contributed by atoms with van der Waals surface area (Å²) in [5, 5.41) is 3.12. The molecule has 5 nitrogen and oxygen atoms in total. The van der Waals surface area contributed by atoms with Crippen molar-refractivity contribution < 1.29 is 9.53 Å². The van der Waals surface area contributed by atoms with Gasteiger partial charge < -0.3 is 15.0 Å². The molecule has 0 saturated carbocycles. The normalized spacial score (nSPS) is 16.4. The van der Waals surface area contributed by atoms with Gasteiger partial charge in [0.1, 0.15) is 0 Å². The van der Waals surface area contributed by atoms with Crippen molar-refractivity contribution in [2.45, 2.75) is 25.4 Å². The molecule has 1 saturated heterocycles. The standard InChI is InChI=1S/C18H29N3O2/c1-20(18(22)14-19-10-13-23-2)17-8-11-21(12-9-17)15-16-6-4-3-5-7-16/h3-7,17,19H,8-15H2,1-2H3. The van der Waals surface area contributed by atoms with Crippen LogP contribution in [-0.2, 0) is 16.1 Å². The van der Waals surface area contributed by atoms with Crippen LogP contribution in [0.4, 0.5) is 0 Å². The molecule has 0 aromatic heterocycles. The topological polar surface area (TPSA) is 44.8 Å². The number of nitrogens with zero attached hydrogens (tertiary/aromatic N) is 2. The molecule has 0 bridgehead atoms. The fraction of sp³-hybridized carbons (Fsp3) is 0.611. The molecule has 2 rings (SSSR count). The van der Waals surface area contributed by atoms with E-state index in [2.05, 4.69) is 40.5 Å². The second kappa shape index (κ2) is 9.65. The van der Waals surface area contributed by atoms with Crippen molar-refractivity contribution in [3.63, 3.8) is 0 Å². The summed E-state index contributed by atoms with van der Waals surface area (Å²) in [6.45, 7) is 4.84. The van der Waals surface area contributed by atoms with Gasteiger partial charge >= 0.3 is 0 Å². The number of hydrogen-bond donors (Lipinski definition) is 1. The summed E-state index contributed by atoms with van der Waals surface area (Å²) in [5.74, 6) is 0.169. The lowest BCUT2D eigenvalue weighted by molar-refractivity contribution is -0.131. The van der Waals surface area contributed by atoms with Crippen LogP contribution in [-0.4, -0.2) is 68.7 Å². The molecule has 0 radical (unpaired) electrons. The summed E-state index contributed by atoms with van der Waals surface area (Å²) in [6, 6.07) is 10.9. The molecule has 1 aromatic rings. The first-order valence-electron chi connectivity index (χ1n) is 8.42. The Balaban J connectivity index is 1.69. The molecule has 1 aliphatic rings. The van der Waals surface area contributed by atoms with Gasteiger partial charge in [-0.1, -0.05) is 30.3 Å². The van der Waals surface area contributed by atoms with Gasteiger partial charge in [0.2, 0.25) is 5.91 Å². The number of benzene rings is 1. The summed E-state index contributed by atoms with van der Waals surface area (Å²) in [4.78, 5) is 16.6. The molecule has 1 aromatic carbocycles. The number of ether oxygens (including phenoxy) is 1. The van der Waals surface area contributed by atoms with E-state index in [4.69, 9.17) is 4.74 Å². The number of rotatable bonds is 8. The van der Waals surface area contributed by atoms with Gasteiger partial charge in [-0.25, -0.2) is 0 Å². The molecule has 128 valence electrons. The molecular formula is C18H29N3O2. The number of likely N-dealkylation sites (tertiary alicyclic amines) is 1. The number of carbonyl (C=O) groups excluding carboxylic acids is 1. The van der Waals surface area contributed by atoms with Gasteiger partial charge in [0.25, 0.3) is 0 Å². The molecule has 1 fully saturated rings. The number of amides is 1. The van der Waals surface area contributed by atoms with Gasteiger partial charge in [-0.15, -0.1) is 0 Å². The lowest BCUT2D eigenvalue weighted by Gasteiger charge is -2.36. The minimum Gasteiger partial charge on any atom is -0.383 e. The first-order chi connectivity index (χ1) is 11.2. The van der Waals surface area contributed by atoms with E-state index in [1.165, 1.54) is 5.56 Å². The highest BCUT2D eigenvalue weighted by Crippen LogP contribution is 2.17. The maximum atomic E-state index is 12.2. The number of piperidine rings is 1. The van der Waals surface area contributed by atoms with E-state index in [0.29, 0.717) is 25.7 Å². The molecule has 23 heavy (non-hydrogen) atoms. The van der Waals surface area contributed by atoms with Crippen molar-refractivity contribution in [2.24, 2.45) is 0 Å². The number of carbonyl (C=O) groups is 1. The van der Waals surface area contributed by atoms with Gasteiger partial charge in [-0.2, -0.15) is 0 Å². The van der Waals surface area contributed by atoms with Crippen LogP contribution in [0.5, 0.6) is 0 Å². The predicted octanol–water partition coefficient (Wildman–Crippen LogP) is 1.35. The van der Waals surface area contributed by atoms with Crippen molar-refractivity contribution in [3.05, 3.63) is 35.9 Å². The second-order valence-electron chi connectivity index (χ2n) is 6.17. The van der Waals surface area contributed by atoms with E-state index in [0.717, 1.165) is 32.5 Å². The highest BCUT2D eigenvalue weighted by atomic mass is 16.5. The zero-order valence-electron chi connectivity index (χ0n) is 14.3. The molecule has 1 heterocycles. The maximum Gasteiger partial charge on any atom is 0.236 e. The van der Waals surface area contributed by atoms with Crippen LogP contribution in [0, 0.1) is 0 Å².